The Morgan fingerprint density at radius 1 is 0.769 bits per heavy atom. The van der Waals surface area contributed by atoms with Crippen molar-refractivity contribution in [3.63, 3.8) is 0 Å². The van der Waals surface area contributed by atoms with Crippen LogP contribution in [0.4, 0.5) is 0 Å². The van der Waals surface area contributed by atoms with Crippen molar-refractivity contribution in [3.8, 4) is 11.5 Å². The van der Waals surface area contributed by atoms with Crippen LogP contribution in [0.25, 0.3) is 0 Å². The average molecular weight is 653 g/mol. The van der Waals surface area contributed by atoms with E-state index in [9.17, 15) is 4.79 Å². The molecule has 6 heteroatoms. The molecule has 0 radical (unpaired) electrons. The van der Waals surface area contributed by atoms with Gasteiger partial charge in [0, 0.05) is 31.2 Å². The smallest absolute Gasteiger partial charge is 0.255 e. The van der Waals surface area contributed by atoms with E-state index in [1.54, 1.807) is 13.2 Å². The van der Waals surface area contributed by atoms with Crippen molar-refractivity contribution in [3.05, 3.63) is 53.9 Å². The number of pyridine rings is 1. The van der Waals surface area contributed by atoms with Crippen LogP contribution in [-0.4, -0.2) is 19.6 Å². The summed E-state index contributed by atoms with van der Waals surface area (Å²) < 4.78 is 13.6. The molecular formula is C33H53IN2O3. The maximum absolute atomic E-state index is 12.7. The van der Waals surface area contributed by atoms with E-state index >= 15 is 0 Å². The Kier molecular flexibility index (Phi) is 20.7. The van der Waals surface area contributed by atoms with Crippen LogP contribution in [0.15, 0.2) is 42.7 Å². The van der Waals surface area contributed by atoms with Crippen LogP contribution in [0.3, 0.4) is 0 Å². The standard InChI is InChI=1S/C33H52N2O3.HI/c1-4-6-7-8-9-10-11-12-13-14-15-16-17-18-26-38-30-19-20-31(32(27-30)37-3)33(36)34-28-29-21-24-35(23-5-2)25-22-29;/h19-22,24-25,27H,4-18,23,26,28H2,1-3H3;1H. The number of unbranched alkanes of at least 4 members (excludes halogenated alkanes) is 13. The third kappa shape index (κ3) is 15.5. The number of rotatable bonds is 22. The maximum Gasteiger partial charge on any atom is 0.255 e. The molecule has 2 rings (SSSR count). The Balaban J connectivity index is 0.00000760. The molecule has 220 valence electrons. The molecule has 0 unspecified atom stereocenters. The van der Waals surface area contributed by atoms with Crippen molar-refractivity contribution >= 4 is 5.91 Å². The molecule has 0 aliphatic heterocycles. The van der Waals surface area contributed by atoms with Gasteiger partial charge in [0.25, 0.3) is 5.91 Å². The Labute approximate surface area is 255 Å². The highest BCUT2D eigenvalue weighted by Crippen LogP contribution is 2.25. The number of benzene rings is 1. The van der Waals surface area contributed by atoms with E-state index in [0.29, 0.717) is 24.5 Å². The zero-order chi connectivity index (χ0) is 27.3. The van der Waals surface area contributed by atoms with Crippen molar-refractivity contribution in [2.75, 3.05) is 13.7 Å². The van der Waals surface area contributed by atoms with Crippen LogP contribution in [0.1, 0.15) is 126 Å². The van der Waals surface area contributed by atoms with E-state index in [1.807, 2.05) is 24.3 Å². The lowest BCUT2D eigenvalue weighted by Gasteiger charge is -2.12. The van der Waals surface area contributed by atoms with Gasteiger partial charge in [-0.15, -0.1) is 0 Å². The summed E-state index contributed by atoms with van der Waals surface area (Å²) >= 11 is 0. The van der Waals surface area contributed by atoms with E-state index in [0.717, 1.165) is 30.7 Å². The van der Waals surface area contributed by atoms with Gasteiger partial charge < -0.3 is 38.8 Å². The third-order valence-electron chi connectivity index (χ3n) is 7.08. The predicted octanol–water partition coefficient (Wildman–Crippen LogP) is 5.19. The van der Waals surface area contributed by atoms with Crippen LogP contribution < -0.4 is 43.3 Å². The summed E-state index contributed by atoms with van der Waals surface area (Å²) in [5, 5.41) is 2.99. The van der Waals surface area contributed by atoms with Crippen molar-refractivity contribution in [2.45, 2.75) is 123 Å². The lowest BCUT2D eigenvalue weighted by molar-refractivity contribution is -0.697. The quantitative estimate of drug-likeness (QED) is 0.108. The number of ether oxygens (including phenoxy) is 2. The van der Waals surface area contributed by atoms with E-state index in [-0.39, 0.29) is 29.9 Å². The number of amides is 1. The molecule has 0 aliphatic rings. The minimum atomic E-state index is -0.148. The Bertz CT molecular complexity index is 889. The second kappa shape index (κ2) is 22.9. The second-order valence-electron chi connectivity index (χ2n) is 10.4. The van der Waals surface area contributed by atoms with Crippen LogP contribution >= 0.6 is 0 Å². The lowest BCUT2D eigenvalue weighted by Crippen LogP contribution is -3.00. The summed E-state index contributed by atoms with van der Waals surface area (Å²) in [6, 6.07) is 9.55. The number of aromatic nitrogens is 1. The number of carbonyl (C=O) groups excluding carboxylic acids is 1. The number of hydrogen-bond acceptors (Lipinski definition) is 3. The summed E-state index contributed by atoms with van der Waals surface area (Å²) in [4.78, 5) is 12.7. The highest BCUT2D eigenvalue weighted by Gasteiger charge is 2.13. The van der Waals surface area contributed by atoms with Crippen molar-refractivity contribution in [1.29, 1.82) is 0 Å². The first kappa shape index (κ1) is 35.2. The first-order valence-electron chi connectivity index (χ1n) is 15.2. The summed E-state index contributed by atoms with van der Waals surface area (Å²) in [7, 11) is 1.59. The topological polar surface area (TPSA) is 51.4 Å². The van der Waals surface area contributed by atoms with Gasteiger partial charge in [-0.05, 0) is 24.1 Å². The first-order chi connectivity index (χ1) is 18.7. The van der Waals surface area contributed by atoms with Gasteiger partial charge in [-0.1, -0.05) is 97.3 Å². The Morgan fingerprint density at radius 2 is 1.33 bits per heavy atom. The number of aryl methyl sites for hydroxylation is 1. The Morgan fingerprint density at radius 3 is 1.87 bits per heavy atom. The number of halogens is 1. The minimum absolute atomic E-state index is 0. The van der Waals surface area contributed by atoms with Crippen molar-refractivity contribution in [2.24, 2.45) is 0 Å². The molecule has 0 atom stereocenters. The lowest BCUT2D eigenvalue weighted by atomic mass is 10.0. The highest BCUT2D eigenvalue weighted by atomic mass is 127. The maximum atomic E-state index is 12.7. The van der Waals surface area contributed by atoms with Gasteiger partial charge in [-0.3, -0.25) is 4.79 Å². The molecular weight excluding hydrogens is 599 g/mol. The molecule has 0 fully saturated rings. The molecule has 0 bridgehead atoms. The molecule has 1 aromatic heterocycles. The number of hydrogen-bond donors (Lipinski definition) is 1. The molecule has 0 spiro atoms. The van der Waals surface area contributed by atoms with E-state index < -0.39 is 0 Å². The van der Waals surface area contributed by atoms with Gasteiger partial charge in [-0.2, -0.15) is 0 Å². The molecule has 1 heterocycles. The van der Waals surface area contributed by atoms with Gasteiger partial charge in [-0.25, -0.2) is 4.57 Å². The molecule has 1 aromatic carbocycles. The molecule has 1 amide bonds. The van der Waals surface area contributed by atoms with E-state index in [2.05, 4.69) is 36.1 Å². The molecule has 1 N–H and O–H groups in total. The third-order valence-corrected chi connectivity index (χ3v) is 7.08. The van der Waals surface area contributed by atoms with Crippen molar-refractivity contribution in [1.82, 2.24) is 5.32 Å². The second-order valence-corrected chi connectivity index (χ2v) is 10.4. The average Bonchev–Trinajstić information content (AvgIpc) is 2.94. The van der Waals surface area contributed by atoms with Crippen molar-refractivity contribution < 1.29 is 42.8 Å². The number of nitrogens with one attached hydrogen (secondary N) is 1. The predicted molar refractivity (Wildman–Crippen MR) is 157 cm³/mol. The first-order valence-corrected chi connectivity index (χ1v) is 15.2. The molecule has 0 saturated carbocycles. The zero-order valence-electron chi connectivity index (χ0n) is 24.8. The minimum Gasteiger partial charge on any atom is -1.00 e. The fraction of sp³-hybridized carbons (Fsp3) is 0.636. The monoisotopic (exact) mass is 652 g/mol. The number of methoxy groups -OCH3 is 1. The van der Waals surface area contributed by atoms with Gasteiger partial charge in [0.05, 0.1) is 19.3 Å². The molecule has 0 saturated heterocycles. The molecule has 2 aromatic rings. The van der Waals surface area contributed by atoms with Crippen LogP contribution in [0, 0.1) is 0 Å². The van der Waals surface area contributed by atoms with Crippen LogP contribution in [0.5, 0.6) is 11.5 Å². The molecule has 0 aliphatic carbocycles. The normalized spacial score (nSPS) is 10.6. The highest BCUT2D eigenvalue weighted by molar-refractivity contribution is 5.97. The molecule has 39 heavy (non-hydrogen) atoms. The Hall–Kier alpha value is -1.83. The SMILES string of the molecule is CCCCCCCCCCCCCCCCOc1ccc(C(=O)NCc2cc[n+](CCC)cc2)c(OC)c1.[I-]. The van der Waals surface area contributed by atoms with Gasteiger partial charge in [0.15, 0.2) is 12.4 Å². The van der Waals surface area contributed by atoms with Crippen LogP contribution in [-0.2, 0) is 13.1 Å². The number of nitrogens with zero attached hydrogens (tertiary/aromatic N) is 1. The van der Waals surface area contributed by atoms with Gasteiger partial charge in [0.2, 0.25) is 0 Å². The van der Waals surface area contributed by atoms with E-state index in [1.165, 1.54) is 83.5 Å². The fourth-order valence-corrected chi connectivity index (χ4v) is 4.73. The number of carbonyl (C=O) groups is 1. The summed E-state index contributed by atoms with van der Waals surface area (Å²) in [6.07, 6.45) is 24.1. The molecule has 5 nitrogen and oxygen atoms in total. The van der Waals surface area contributed by atoms with Gasteiger partial charge in [0.1, 0.15) is 18.0 Å². The summed E-state index contributed by atoms with van der Waals surface area (Å²) in [6.45, 7) is 6.61. The van der Waals surface area contributed by atoms with E-state index in [4.69, 9.17) is 9.47 Å². The van der Waals surface area contributed by atoms with Crippen LogP contribution in [0.2, 0.25) is 0 Å². The zero-order valence-corrected chi connectivity index (χ0v) is 27.0. The van der Waals surface area contributed by atoms with Gasteiger partial charge >= 0.3 is 0 Å². The summed E-state index contributed by atoms with van der Waals surface area (Å²) in [5.41, 5.74) is 1.59. The fourth-order valence-electron chi connectivity index (χ4n) is 4.73. The largest absolute Gasteiger partial charge is 1.00 e. The summed E-state index contributed by atoms with van der Waals surface area (Å²) in [5.74, 6) is 1.14.